The van der Waals surface area contributed by atoms with Crippen molar-refractivity contribution >= 4 is 0 Å². The Morgan fingerprint density at radius 3 is 3.05 bits per heavy atom. The van der Waals surface area contributed by atoms with E-state index in [9.17, 15) is 0 Å². The van der Waals surface area contributed by atoms with Gasteiger partial charge in [-0.1, -0.05) is 0 Å². The summed E-state index contributed by atoms with van der Waals surface area (Å²) in [4.78, 5) is 2.50. The summed E-state index contributed by atoms with van der Waals surface area (Å²) in [5.41, 5.74) is 1.29. The Labute approximate surface area is 122 Å². The molecule has 5 heteroatoms. The van der Waals surface area contributed by atoms with E-state index < -0.39 is 0 Å². The van der Waals surface area contributed by atoms with Gasteiger partial charge in [-0.15, -0.1) is 0 Å². The van der Waals surface area contributed by atoms with Crippen molar-refractivity contribution in [3.05, 3.63) is 18.0 Å². The Morgan fingerprint density at radius 2 is 2.45 bits per heavy atom. The van der Waals surface area contributed by atoms with Crippen LogP contribution in [0.25, 0.3) is 0 Å². The fraction of sp³-hybridized carbons (Fsp3) is 0.800. The van der Waals surface area contributed by atoms with E-state index in [1.54, 1.807) is 7.11 Å². The molecule has 1 saturated heterocycles. The van der Waals surface area contributed by atoms with E-state index >= 15 is 0 Å². The summed E-state index contributed by atoms with van der Waals surface area (Å²) in [7, 11) is 1.77. The molecule has 0 aliphatic carbocycles. The third kappa shape index (κ3) is 4.04. The van der Waals surface area contributed by atoms with Crippen molar-refractivity contribution in [3.8, 4) is 0 Å². The van der Waals surface area contributed by atoms with Gasteiger partial charge in [0, 0.05) is 50.6 Å². The monoisotopic (exact) mass is 280 g/mol. The smallest absolute Gasteiger partial charge is 0.0589 e. The van der Waals surface area contributed by atoms with Crippen molar-refractivity contribution in [1.82, 2.24) is 20.0 Å². The Hall–Kier alpha value is -0.910. The number of nitrogens with one attached hydrogen (secondary N) is 1. The van der Waals surface area contributed by atoms with Gasteiger partial charge >= 0.3 is 0 Å². The molecular formula is C15H28N4O. The predicted octanol–water partition coefficient (Wildman–Crippen LogP) is 1.66. The highest BCUT2D eigenvalue weighted by atomic mass is 16.5. The topological polar surface area (TPSA) is 42.3 Å². The van der Waals surface area contributed by atoms with Crippen LogP contribution in [-0.2, 0) is 11.3 Å². The number of methoxy groups -OCH3 is 1. The third-order valence-corrected chi connectivity index (χ3v) is 4.21. The average molecular weight is 280 g/mol. The highest BCUT2D eigenvalue weighted by Crippen LogP contribution is 2.21. The zero-order valence-electron chi connectivity index (χ0n) is 13.0. The summed E-state index contributed by atoms with van der Waals surface area (Å²) in [5, 5.41) is 7.98. The third-order valence-electron chi connectivity index (χ3n) is 4.21. The normalized spacial score (nSPS) is 20.7. The highest BCUT2D eigenvalue weighted by molar-refractivity contribution is 5.10. The molecule has 0 bridgehead atoms. The maximum atomic E-state index is 5.27. The largest absolute Gasteiger partial charge is 0.383 e. The lowest BCUT2D eigenvalue weighted by Gasteiger charge is -2.30. The minimum Gasteiger partial charge on any atom is -0.383 e. The lowest BCUT2D eigenvalue weighted by molar-refractivity contribution is 0.118. The number of hydrogen-bond donors (Lipinski definition) is 1. The fourth-order valence-corrected chi connectivity index (χ4v) is 2.83. The quantitative estimate of drug-likeness (QED) is 0.786. The van der Waals surface area contributed by atoms with Gasteiger partial charge in [0.2, 0.25) is 0 Å². The second-order valence-electron chi connectivity index (χ2n) is 5.59. The molecule has 20 heavy (non-hydrogen) atoms. The number of ether oxygens (including phenoxy) is 1. The molecule has 2 atom stereocenters. The van der Waals surface area contributed by atoms with Gasteiger partial charge in [0.1, 0.15) is 0 Å². The van der Waals surface area contributed by atoms with Gasteiger partial charge in [-0.2, -0.15) is 5.10 Å². The molecule has 114 valence electrons. The Morgan fingerprint density at radius 1 is 1.60 bits per heavy atom. The van der Waals surface area contributed by atoms with E-state index in [4.69, 9.17) is 4.74 Å². The first-order valence-electron chi connectivity index (χ1n) is 7.73. The van der Waals surface area contributed by atoms with Gasteiger partial charge < -0.3 is 10.1 Å². The fourth-order valence-electron chi connectivity index (χ4n) is 2.83. The van der Waals surface area contributed by atoms with Crippen molar-refractivity contribution in [3.63, 3.8) is 0 Å². The van der Waals surface area contributed by atoms with Crippen molar-refractivity contribution in [2.24, 2.45) is 0 Å². The second kappa shape index (κ2) is 7.76. The maximum Gasteiger partial charge on any atom is 0.0589 e. The number of aromatic nitrogens is 2. The zero-order chi connectivity index (χ0) is 14.4. The van der Waals surface area contributed by atoms with E-state index in [0.717, 1.165) is 32.8 Å². The van der Waals surface area contributed by atoms with Crippen LogP contribution in [0.1, 0.15) is 38.3 Å². The Balaban J connectivity index is 1.99. The molecule has 2 rings (SSSR count). The first-order valence-corrected chi connectivity index (χ1v) is 7.73. The molecule has 1 aliphatic heterocycles. The molecule has 1 fully saturated rings. The maximum absolute atomic E-state index is 5.27. The first-order chi connectivity index (χ1) is 9.74. The SMILES string of the molecule is CCn1cc(C(C)N(CCOC)CC2CCCN2)cn1. The van der Waals surface area contributed by atoms with Crippen LogP contribution in [0, 0.1) is 0 Å². The molecule has 1 aliphatic rings. The molecule has 5 nitrogen and oxygen atoms in total. The molecule has 0 spiro atoms. The van der Waals surface area contributed by atoms with Gasteiger partial charge in [0.25, 0.3) is 0 Å². The highest BCUT2D eigenvalue weighted by Gasteiger charge is 2.22. The Bertz CT molecular complexity index is 387. The van der Waals surface area contributed by atoms with Gasteiger partial charge in [-0.05, 0) is 33.2 Å². The van der Waals surface area contributed by atoms with Gasteiger partial charge in [0.15, 0.2) is 0 Å². The van der Waals surface area contributed by atoms with E-state index in [-0.39, 0.29) is 0 Å². The van der Waals surface area contributed by atoms with Crippen LogP contribution in [0.4, 0.5) is 0 Å². The summed E-state index contributed by atoms with van der Waals surface area (Å²) >= 11 is 0. The summed E-state index contributed by atoms with van der Waals surface area (Å²) in [6.45, 7) is 9.29. The number of aryl methyl sites for hydroxylation is 1. The lowest BCUT2D eigenvalue weighted by atomic mass is 10.1. The summed E-state index contributed by atoms with van der Waals surface area (Å²) in [6, 6.07) is 1.00. The predicted molar refractivity (Wildman–Crippen MR) is 80.8 cm³/mol. The van der Waals surface area contributed by atoms with Crippen molar-refractivity contribution in [1.29, 1.82) is 0 Å². The van der Waals surface area contributed by atoms with Crippen LogP contribution >= 0.6 is 0 Å². The molecule has 0 aromatic carbocycles. The van der Waals surface area contributed by atoms with Gasteiger partial charge in [-0.3, -0.25) is 9.58 Å². The van der Waals surface area contributed by atoms with Gasteiger partial charge in [-0.25, -0.2) is 0 Å². The second-order valence-corrected chi connectivity index (χ2v) is 5.59. The average Bonchev–Trinajstić information content (AvgIpc) is 3.13. The number of hydrogen-bond acceptors (Lipinski definition) is 4. The standard InChI is InChI=1S/C15H28N4O/c1-4-19-11-14(10-17-19)13(2)18(8-9-20-3)12-15-6-5-7-16-15/h10-11,13,15-16H,4-9,12H2,1-3H3. The number of rotatable bonds is 8. The zero-order valence-corrected chi connectivity index (χ0v) is 13.0. The van der Waals surface area contributed by atoms with E-state index in [1.165, 1.54) is 18.4 Å². The first kappa shape index (κ1) is 15.5. The van der Waals surface area contributed by atoms with E-state index in [1.807, 2.05) is 10.9 Å². The van der Waals surface area contributed by atoms with Crippen LogP contribution in [0.3, 0.4) is 0 Å². The molecule has 1 N–H and O–H groups in total. The van der Waals surface area contributed by atoms with Crippen molar-refractivity contribution in [2.45, 2.75) is 45.3 Å². The molecule has 0 amide bonds. The minimum absolute atomic E-state index is 0.382. The van der Waals surface area contributed by atoms with Crippen molar-refractivity contribution < 1.29 is 4.74 Å². The summed E-state index contributed by atoms with van der Waals surface area (Å²) in [5.74, 6) is 0. The van der Waals surface area contributed by atoms with E-state index in [0.29, 0.717) is 12.1 Å². The molecule has 2 heterocycles. The van der Waals surface area contributed by atoms with Crippen LogP contribution in [0.2, 0.25) is 0 Å². The molecule has 1 aromatic rings. The number of nitrogens with zero attached hydrogens (tertiary/aromatic N) is 3. The molecule has 2 unspecified atom stereocenters. The summed E-state index contributed by atoms with van der Waals surface area (Å²) < 4.78 is 7.26. The summed E-state index contributed by atoms with van der Waals surface area (Å²) in [6.07, 6.45) is 6.73. The van der Waals surface area contributed by atoms with Crippen LogP contribution in [0.15, 0.2) is 12.4 Å². The van der Waals surface area contributed by atoms with Gasteiger partial charge in [0.05, 0.1) is 12.8 Å². The molecule has 0 radical (unpaired) electrons. The molecule has 0 saturated carbocycles. The van der Waals surface area contributed by atoms with Crippen LogP contribution < -0.4 is 5.32 Å². The minimum atomic E-state index is 0.382. The molecule has 1 aromatic heterocycles. The Kier molecular flexibility index (Phi) is 6.01. The van der Waals surface area contributed by atoms with Crippen molar-refractivity contribution in [2.75, 3.05) is 33.4 Å². The lowest BCUT2D eigenvalue weighted by Crippen LogP contribution is -2.40. The van der Waals surface area contributed by atoms with Crippen LogP contribution in [-0.4, -0.2) is 54.1 Å². The van der Waals surface area contributed by atoms with Crippen LogP contribution in [0.5, 0.6) is 0 Å². The molecular weight excluding hydrogens is 252 g/mol. The van der Waals surface area contributed by atoms with E-state index in [2.05, 4.69) is 35.4 Å².